The van der Waals surface area contributed by atoms with Gasteiger partial charge in [-0.05, 0) is 12.1 Å². The van der Waals surface area contributed by atoms with E-state index < -0.39 is 5.41 Å². The number of amides is 3. The van der Waals surface area contributed by atoms with Crippen LogP contribution in [0.4, 0.5) is 0 Å². The maximum Gasteiger partial charge on any atom is 0.287 e. The van der Waals surface area contributed by atoms with Crippen LogP contribution in [0.3, 0.4) is 0 Å². The summed E-state index contributed by atoms with van der Waals surface area (Å²) >= 11 is 0. The highest BCUT2D eigenvalue weighted by Crippen LogP contribution is 2.11. The van der Waals surface area contributed by atoms with Crippen molar-refractivity contribution in [3.8, 4) is 0 Å². The lowest BCUT2D eigenvalue weighted by molar-refractivity contribution is -0.128. The smallest absolute Gasteiger partial charge is 0.287 e. The Morgan fingerprint density at radius 2 is 1.73 bits per heavy atom. The van der Waals surface area contributed by atoms with E-state index in [1.165, 1.54) is 6.26 Å². The molecule has 0 aromatic carbocycles. The third-order valence-electron chi connectivity index (χ3n) is 2.80. The fourth-order valence-electron chi connectivity index (χ4n) is 1.52. The molecule has 0 fully saturated rings. The highest BCUT2D eigenvalue weighted by Gasteiger charge is 2.20. The van der Waals surface area contributed by atoms with Crippen molar-refractivity contribution in [2.24, 2.45) is 5.41 Å². The molecule has 1 aromatic rings. The van der Waals surface area contributed by atoms with Crippen molar-refractivity contribution in [3.63, 3.8) is 0 Å². The molecule has 7 heteroatoms. The molecule has 1 rings (SSSR count). The zero-order valence-electron chi connectivity index (χ0n) is 13.2. The first-order valence-electron chi connectivity index (χ1n) is 7.17. The SMILES string of the molecule is CC(C)(C)C(=O)NCCC(=O)NCCNC(=O)c1ccco1. The molecule has 22 heavy (non-hydrogen) atoms. The van der Waals surface area contributed by atoms with Gasteiger partial charge in [0.25, 0.3) is 5.91 Å². The Balaban J connectivity index is 2.09. The van der Waals surface area contributed by atoms with Gasteiger partial charge in [0, 0.05) is 31.5 Å². The molecule has 3 N–H and O–H groups in total. The molecule has 0 atom stereocenters. The number of carbonyl (C=O) groups is 3. The second kappa shape index (κ2) is 8.21. The van der Waals surface area contributed by atoms with Crippen molar-refractivity contribution in [2.75, 3.05) is 19.6 Å². The predicted molar refractivity (Wildman–Crippen MR) is 81.1 cm³/mol. The number of carbonyl (C=O) groups excluding carboxylic acids is 3. The number of nitrogens with one attached hydrogen (secondary N) is 3. The van der Waals surface area contributed by atoms with Crippen molar-refractivity contribution in [3.05, 3.63) is 24.2 Å². The largest absolute Gasteiger partial charge is 0.459 e. The summed E-state index contributed by atoms with van der Waals surface area (Å²) in [5.41, 5.74) is -0.466. The second-order valence-corrected chi connectivity index (χ2v) is 5.84. The molecule has 0 aliphatic carbocycles. The Morgan fingerprint density at radius 3 is 2.32 bits per heavy atom. The van der Waals surface area contributed by atoms with Gasteiger partial charge in [-0.25, -0.2) is 0 Å². The van der Waals surface area contributed by atoms with Crippen LogP contribution in [0.2, 0.25) is 0 Å². The first-order chi connectivity index (χ1) is 10.3. The highest BCUT2D eigenvalue weighted by atomic mass is 16.3. The van der Waals surface area contributed by atoms with Crippen LogP contribution in [0.1, 0.15) is 37.7 Å². The van der Waals surface area contributed by atoms with Crippen molar-refractivity contribution in [2.45, 2.75) is 27.2 Å². The molecule has 7 nitrogen and oxygen atoms in total. The fraction of sp³-hybridized carbons (Fsp3) is 0.533. The molecule has 3 amide bonds. The van der Waals surface area contributed by atoms with E-state index in [4.69, 9.17) is 4.42 Å². The van der Waals surface area contributed by atoms with Gasteiger partial charge in [0.2, 0.25) is 11.8 Å². The molecule has 0 bridgehead atoms. The lowest BCUT2D eigenvalue weighted by Gasteiger charge is -2.17. The topological polar surface area (TPSA) is 100 Å². The van der Waals surface area contributed by atoms with E-state index in [9.17, 15) is 14.4 Å². The van der Waals surface area contributed by atoms with E-state index >= 15 is 0 Å². The first kappa shape index (κ1) is 17.7. The standard InChI is InChI=1S/C15H23N3O4/c1-15(2,3)14(21)18-7-6-12(19)16-8-9-17-13(20)11-5-4-10-22-11/h4-5,10H,6-9H2,1-3H3,(H,16,19)(H,17,20)(H,18,21). The zero-order valence-corrected chi connectivity index (χ0v) is 13.2. The average Bonchev–Trinajstić information content (AvgIpc) is 2.96. The van der Waals surface area contributed by atoms with E-state index in [0.29, 0.717) is 19.6 Å². The molecule has 1 aromatic heterocycles. The molecular formula is C15H23N3O4. The lowest BCUT2D eigenvalue weighted by atomic mass is 9.96. The van der Waals surface area contributed by atoms with Crippen LogP contribution in [0.25, 0.3) is 0 Å². The van der Waals surface area contributed by atoms with Gasteiger partial charge in [-0.3, -0.25) is 14.4 Å². The van der Waals surface area contributed by atoms with Crippen LogP contribution < -0.4 is 16.0 Å². The molecule has 122 valence electrons. The molecule has 0 radical (unpaired) electrons. The normalized spacial score (nSPS) is 10.9. The second-order valence-electron chi connectivity index (χ2n) is 5.84. The summed E-state index contributed by atoms with van der Waals surface area (Å²) in [4.78, 5) is 34.7. The minimum atomic E-state index is -0.466. The quantitative estimate of drug-likeness (QED) is 0.645. The molecule has 0 aliphatic rings. The zero-order chi connectivity index (χ0) is 16.6. The van der Waals surface area contributed by atoms with Crippen molar-refractivity contribution < 1.29 is 18.8 Å². The Labute approximate surface area is 129 Å². The molecule has 0 saturated carbocycles. The molecule has 0 spiro atoms. The van der Waals surface area contributed by atoms with Crippen LogP contribution in [0, 0.1) is 5.41 Å². The molecule has 0 aliphatic heterocycles. The number of hydrogen-bond acceptors (Lipinski definition) is 4. The summed E-state index contributed by atoms with van der Waals surface area (Å²) in [6.45, 7) is 6.34. The van der Waals surface area contributed by atoms with Gasteiger partial charge in [-0.1, -0.05) is 20.8 Å². The van der Waals surface area contributed by atoms with E-state index in [1.54, 1.807) is 12.1 Å². The Hall–Kier alpha value is -2.31. The van der Waals surface area contributed by atoms with E-state index in [1.807, 2.05) is 20.8 Å². The number of furan rings is 1. The third-order valence-corrected chi connectivity index (χ3v) is 2.80. The third kappa shape index (κ3) is 6.43. The van der Waals surface area contributed by atoms with Crippen molar-refractivity contribution in [1.29, 1.82) is 0 Å². The maximum absolute atomic E-state index is 11.6. The van der Waals surface area contributed by atoms with Crippen LogP contribution in [0.15, 0.2) is 22.8 Å². The summed E-state index contributed by atoms with van der Waals surface area (Å²) in [5, 5.41) is 7.98. The predicted octanol–water partition coefficient (Wildman–Crippen LogP) is 0.678. The van der Waals surface area contributed by atoms with Crippen LogP contribution in [-0.4, -0.2) is 37.4 Å². The maximum atomic E-state index is 11.6. The van der Waals surface area contributed by atoms with Crippen molar-refractivity contribution >= 4 is 17.7 Å². The summed E-state index contributed by atoms with van der Waals surface area (Å²) in [6, 6.07) is 3.19. The Kier molecular flexibility index (Phi) is 6.62. The molecule has 0 saturated heterocycles. The summed E-state index contributed by atoms with van der Waals surface area (Å²) < 4.78 is 4.94. The van der Waals surface area contributed by atoms with E-state index in [0.717, 1.165) is 0 Å². The molecule has 1 heterocycles. The minimum Gasteiger partial charge on any atom is -0.459 e. The van der Waals surface area contributed by atoms with Crippen molar-refractivity contribution in [1.82, 2.24) is 16.0 Å². The van der Waals surface area contributed by atoms with Gasteiger partial charge in [0.05, 0.1) is 6.26 Å². The van der Waals surface area contributed by atoms with Gasteiger partial charge in [0.15, 0.2) is 5.76 Å². The monoisotopic (exact) mass is 309 g/mol. The van der Waals surface area contributed by atoms with Gasteiger partial charge in [-0.2, -0.15) is 0 Å². The van der Waals surface area contributed by atoms with E-state index in [2.05, 4.69) is 16.0 Å². The molecular weight excluding hydrogens is 286 g/mol. The summed E-state index contributed by atoms with van der Waals surface area (Å²) in [6.07, 6.45) is 1.62. The number of hydrogen-bond donors (Lipinski definition) is 3. The molecule has 0 unspecified atom stereocenters. The minimum absolute atomic E-state index is 0.0917. The van der Waals surface area contributed by atoms with Crippen LogP contribution in [0.5, 0.6) is 0 Å². The van der Waals surface area contributed by atoms with Gasteiger partial charge in [-0.15, -0.1) is 0 Å². The van der Waals surface area contributed by atoms with Crippen LogP contribution in [-0.2, 0) is 9.59 Å². The van der Waals surface area contributed by atoms with E-state index in [-0.39, 0.29) is 29.9 Å². The van der Waals surface area contributed by atoms with Gasteiger partial charge in [0.1, 0.15) is 0 Å². The Morgan fingerprint density at radius 1 is 1.05 bits per heavy atom. The first-order valence-corrected chi connectivity index (χ1v) is 7.17. The lowest BCUT2D eigenvalue weighted by Crippen LogP contribution is -2.38. The summed E-state index contributed by atoms with van der Waals surface area (Å²) in [7, 11) is 0. The number of rotatable bonds is 7. The highest BCUT2D eigenvalue weighted by molar-refractivity contribution is 5.91. The van der Waals surface area contributed by atoms with Gasteiger partial charge >= 0.3 is 0 Å². The van der Waals surface area contributed by atoms with Gasteiger partial charge < -0.3 is 20.4 Å². The van der Waals surface area contributed by atoms with Crippen LogP contribution >= 0.6 is 0 Å². The Bertz CT molecular complexity index is 503. The average molecular weight is 309 g/mol. The summed E-state index contributed by atoms with van der Waals surface area (Å²) in [5.74, 6) is -0.361. The fourth-order valence-corrected chi connectivity index (χ4v) is 1.52.